The number of aliphatic hydroxyl groups is 2. The first-order chi connectivity index (χ1) is 12.1. The molecule has 1 aromatic heterocycles. The number of nitrogens with one attached hydrogen (secondary N) is 1. The van der Waals surface area contributed by atoms with E-state index >= 15 is 0 Å². The fourth-order valence-electron chi connectivity index (χ4n) is 1.89. The number of carbonyl (C=O) groups excluding carboxylic acids is 3. The maximum atomic E-state index is 12.1. The minimum absolute atomic E-state index is 0.441. The highest BCUT2D eigenvalue weighted by Crippen LogP contribution is 2.17. The van der Waals surface area contributed by atoms with Crippen molar-refractivity contribution in [2.45, 2.75) is 19.4 Å². The van der Waals surface area contributed by atoms with Crippen LogP contribution in [0.3, 0.4) is 0 Å². The smallest absolute Gasteiger partial charge is 0.309 e. The van der Waals surface area contributed by atoms with Gasteiger partial charge in [0.25, 0.3) is 5.91 Å². The fourth-order valence-corrected chi connectivity index (χ4v) is 1.89. The maximum Gasteiger partial charge on any atom is 0.309 e. The van der Waals surface area contributed by atoms with Crippen LogP contribution in [-0.4, -0.2) is 68.0 Å². The fraction of sp³-hybridized carbons (Fsp3) is 0.429. The number of aromatic nitrogens is 2. The Labute approximate surface area is 147 Å². The van der Waals surface area contributed by atoms with Crippen molar-refractivity contribution in [2.75, 3.05) is 24.7 Å². The van der Waals surface area contributed by atoms with E-state index in [4.69, 9.17) is 26.8 Å². The summed E-state index contributed by atoms with van der Waals surface area (Å²) in [6.45, 7) is -0.247. The minimum Gasteiger partial charge on any atom is -0.481 e. The summed E-state index contributed by atoms with van der Waals surface area (Å²) in [5, 5.41) is 29.0. The highest BCUT2D eigenvalue weighted by atomic mass is 16.4. The van der Waals surface area contributed by atoms with Gasteiger partial charge >= 0.3 is 5.97 Å². The molecule has 1 heterocycles. The van der Waals surface area contributed by atoms with Gasteiger partial charge in [0.1, 0.15) is 6.04 Å². The first-order valence-corrected chi connectivity index (χ1v) is 7.34. The molecular weight excluding hydrogens is 350 g/mol. The molecule has 142 valence electrons. The predicted molar refractivity (Wildman–Crippen MR) is 87.0 cm³/mol. The molecule has 1 amide bonds. The summed E-state index contributed by atoms with van der Waals surface area (Å²) < 4.78 is 0. The quantitative estimate of drug-likeness (QED) is 0.252. The lowest BCUT2D eigenvalue weighted by Gasteiger charge is -2.14. The zero-order valence-electron chi connectivity index (χ0n) is 13.8. The van der Waals surface area contributed by atoms with E-state index in [0.29, 0.717) is 0 Å². The molecule has 0 saturated carbocycles. The van der Waals surface area contributed by atoms with Gasteiger partial charge in [0.2, 0.25) is 0 Å². The molecule has 0 aliphatic rings. The van der Waals surface area contributed by atoms with Crippen molar-refractivity contribution >= 4 is 35.1 Å². The van der Waals surface area contributed by atoms with Crippen molar-refractivity contribution in [1.82, 2.24) is 15.3 Å². The molecule has 26 heavy (non-hydrogen) atoms. The van der Waals surface area contributed by atoms with E-state index in [1.54, 1.807) is 0 Å². The van der Waals surface area contributed by atoms with Crippen LogP contribution in [0.5, 0.6) is 0 Å². The van der Waals surface area contributed by atoms with E-state index < -0.39 is 78.1 Å². The molecule has 1 rings (SSSR count). The third-order valence-electron chi connectivity index (χ3n) is 3.41. The predicted octanol–water partition coefficient (Wildman–Crippen LogP) is -2.41. The Kier molecular flexibility index (Phi) is 7.10. The largest absolute Gasteiger partial charge is 0.481 e. The van der Waals surface area contributed by atoms with Gasteiger partial charge in [-0.05, 0) is 6.92 Å². The Bertz CT molecular complexity index is 675. The number of carboxylic acids is 1. The Hall–Kier alpha value is -3.12. The van der Waals surface area contributed by atoms with Crippen LogP contribution < -0.4 is 16.8 Å². The minimum atomic E-state index is -1.38. The molecular formula is C14H19N5O7. The second kappa shape index (κ2) is 8.82. The Morgan fingerprint density at radius 2 is 1.58 bits per heavy atom. The van der Waals surface area contributed by atoms with Gasteiger partial charge in [-0.15, -0.1) is 0 Å². The number of rotatable bonds is 9. The van der Waals surface area contributed by atoms with E-state index in [-0.39, 0.29) is 0 Å². The highest BCUT2D eigenvalue weighted by Gasteiger charge is 2.26. The van der Waals surface area contributed by atoms with Gasteiger partial charge in [-0.1, -0.05) is 0 Å². The van der Waals surface area contributed by atoms with Gasteiger partial charge in [0, 0.05) is 6.42 Å². The molecule has 1 aromatic rings. The van der Waals surface area contributed by atoms with Crippen molar-refractivity contribution in [1.29, 1.82) is 0 Å². The molecule has 2 atom stereocenters. The first-order valence-electron chi connectivity index (χ1n) is 7.34. The molecule has 0 aliphatic heterocycles. The number of carboxylic acid groups (broad SMARTS) is 1. The van der Waals surface area contributed by atoms with Gasteiger partial charge in [-0.25, -0.2) is 9.97 Å². The van der Waals surface area contributed by atoms with Crippen LogP contribution in [0.2, 0.25) is 0 Å². The van der Waals surface area contributed by atoms with Crippen molar-refractivity contribution in [3.8, 4) is 0 Å². The van der Waals surface area contributed by atoms with Crippen LogP contribution >= 0.6 is 0 Å². The maximum absolute atomic E-state index is 12.1. The van der Waals surface area contributed by atoms with Crippen molar-refractivity contribution < 1.29 is 34.5 Å². The highest BCUT2D eigenvalue weighted by molar-refractivity contribution is 6.03. The monoisotopic (exact) mass is 369 g/mol. The number of anilines is 2. The number of aliphatic hydroxyl groups excluding tert-OH is 2. The number of Topliss-reactive ketones (excluding diaryl/α,β-unsaturated/α-hetero) is 2. The van der Waals surface area contributed by atoms with E-state index in [0.717, 1.165) is 6.92 Å². The second-order valence-corrected chi connectivity index (χ2v) is 5.36. The Morgan fingerprint density at radius 1 is 1.04 bits per heavy atom. The van der Waals surface area contributed by atoms with E-state index in [1.165, 1.54) is 0 Å². The summed E-state index contributed by atoms with van der Waals surface area (Å²) in [5.41, 5.74) is 10.3. The number of ketones is 2. The van der Waals surface area contributed by atoms with Gasteiger partial charge in [0.15, 0.2) is 34.6 Å². The van der Waals surface area contributed by atoms with Gasteiger partial charge in [0.05, 0.1) is 19.1 Å². The number of aliphatic carboxylic acids is 1. The second-order valence-electron chi connectivity index (χ2n) is 5.36. The number of hydrogen-bond donors (Lipinski definition) is 6. The topological polar surface area (TPSA) is 219 Å². The third kappa shape index (κ3) is 4.94. The zero-order chi connectivity index (χ0) is 20.0. The van der Waals surface area contributed by atoms with E-state index in [2.05, 4.69) is 15.3 Å². The third-order valence-corrected chi connectivity index (χ3v) is 3.41. The summed E-state index contributed by atoms with van der Waals surface area (Å²) in [4.78, 5) is 53.6. The average Bonchev–Trinajstić information content (AvgIpc) is 2.57. The summed E-state index contributed by atoms with van der Waals surface area (Å²) in [7, 11) is 0. The molecule has 0 spiro atoms. The molecule has 12 nitrogen and oxygen atoms in total. The van der Waals surface area contributed by atoms with Gasteiger partial charge in [-0.2, -0.15) is 0 Å². The SMILES string of the molecule is CC(=O)[C@@H](CO)NC(=O)c1nc(N)c(C(=O)C[C@H](CO)C(=O)O)nc1N. The molecule has 0 saturated heterocycles. The van der Waals surface area contributed by atoms with Gasteiger partial charge in [-0.3, -0.25) is 19.2 Å². The molecule has 0 aromatic carbocycles. The molecule has 0 bridgehead atoms. The summed E-state index contributed by atoms with van der Waals surface area (Å²) in [6.07, 6.45) is -0.591. The lowest BCUT2D eigenvalue weighted by molar-refractivity contribution is -0.143. The van der Waals surface area contributed by atoms with Crippen LogP contribution in [0.25, 0.3) is 0 Å². The normalized spacial score (nSPS) is 12.9. The van der Waals surface area contributed by atoms with Crippen molar-refractivity contribution in [3.05, 3.63) is 11.4 Å². The standard InChI is InChI=1S/C14H19N5O7/c1-5(22)7(4-21)17-13(24)10-12(16)18-9(11(15)19-10)8(23)2-6(3-20)14(25)26/h6-7,20-21H,2-4H2,1H3,(H2,15,19)(H2,16,18)(H,17,24)(H,25,26)/t6-,7-/m1/s1. The number of carbonyl (C=O) groups is 4. The zero-order valence-corrected chi connectivity index (χ0v) is 13.8. The number of hydrogen-bond acceptors (Lipinski definition) is 10. The first kappa shape index (κ1) is 20.9. The molecule has 12 heteroatoms. The Balaban J connectivity index is 3.07. The van der Waals surface area contributed by atoms with Crippen molar-refractivity contribution in [2.24, 2.45) is 5.92 Å². The summed E-state index contributed by atoms with van der Waals surface area (Å²) in [5.74, 6) is -5.95. The van der Waals surface area contributed by atoms with Crippen LogP contribution in [0.15, 0.2) is 0 Å². The number of amides is 1. The van der Waals surface area contributed by atoms with E-state index in [1.807, 2.05) is 0 Å². The number of nitrogens with two attached hydrogens (primary N) is 2. The summed E-state index contributed by atoms with van der Waals surface area (Å²) >= 11 is 0. The van der Waals surface area contributed by atoms with Crippen LogP contribution in [0, 0.1) is 5.92 Å². The molecule has 8 N–H and O–H groups in total. The summed E-state index contributed by atoms with van der Waals surface area (Å²) in [6, 6.07) is -1.17. The number of nitrogens with zero attached hydrogens (tertiary/aromatic N) is 2. The van der Waals surface area contributed by atoms with Crippen molar-refractivity contribution in [3.63, 3.8) is 0 Å². The van der Waals surface area contributed by atoms with E-state index in [9.17, 15) is 19.2 Å². The van der Waals surface area contributed by atoms with Crippen LogP contribution in [0.4, 0.5) is 11.6 Å². The molecule has 0 aliphatic carbocycles. The Morgan fingerprint density at radius 3 is 2.04 bits per heavy atom. The van der Waals surface area contributed by atoms with Crippen LogP contribution in [-0.2, 0) is 9.59 Å². The number of nitrogen functional groups attached to an aromatic ring is 2. The van der Waals surface area contributed by atoms with Gasteiger partial charge < -0.3 is 32.1 Å². The van der Waals surface area contributed by atoms with Crippen LogP contribution in [0.1, 0.15) is 34.3 Å². The molecule has 0 radical (unpaired) electrons. The lowest BCUT2D eigenvalue weighted by atomic mass is 10.0. The molecule has 0 unspecified atom stereocenters. The molecule has 0 fully saturated rings. The lowest BCUT2D eigenvalue weighted by Crippen LogP contribution is -2.43. The average molecular weight is 369 g/mol.